The van der Waals surface area contributed by atoms with Crippen molar-refractivity contribution >= 4 is 22.6 Å². The molecule has 4 aromatic rings. The van der Waals surface area contributed by atoms with Crippen LogP contribution >= 0.6 is 11.6 Å². The fourth-order valence-corrected chi connectivity index (χ4v) is 3.10. The van der Waals surface area contributed by atoms with Crippen molar-refractivity contribution in [1.29, 1.82) is 5.26 Å². The summed E-state index contributed by atoms with van der Waals surface area (Å²) in [4.78, 5) is 4.81. The molecule has 0 aliphatic rings. The zero-order valence-electron chi connectivity index (χ0n) is 13.4. The van der Waals surface area contributed by atoms with Crippen LogP contribution in [0.15, 0.2) is 72.8 Å². The van der Waals surface area contributed by atoms with Crippen molar-refractivity contribution in [3.63, 3.8) is 0 Å². The SMILES string of the molecule is N#Cc1cccc(Cn2c(-c3ccc(Cl)cc3)nc3ccccc32)c1. The van der Waals surface area contributed by atoms with Gasteiger partial charge in [-0.1, -0.05) is 35.9 Å². The molecule has 0 saturated carbocycles. The van der Waals surface area contributed by atoms with E-state index in [1.165, 1.54) is 0 Å². The average molecular weight is 344 g/mol. The molecule has 4 rings (SSSR count). The molecular formula is C21H14ClN3. The highest BCUT2D eigenvalue weighted by molar-refractivity contribution is 6.30. The molecule has 1 heterocycles. The van der Waals surface area contributed by atoms with Gasteiger partial charge in [0, 0.05) is 17.1 Å². The summed E-state index contributed by atoms with van der Waals surface area (Å²) in [7, 11) is 0. The molecule has 0 amide bonds. The molecule has 0 saturated heterocycles. The number of halogens is 1. The molecule has 1 aromatic heterocycles. The Kier molecular flexibility index (Phi) is 3.97. The van der Waals surface area contributed by atoms with Gasteiger partial charge in [-0.3, -0.25) is 0 Å². The second kappa shape index (κ2) is 6.43. The van der Waals surface area contributed by atoms with Crippen molar-refractivity contribution in [2.45, 2.75) is 6.54 Å². The molecule has 0 radical (unpaired) electrons. The minimum absolute atomic E-state index is 0.647. The van der Waals surface area contributed by atoms with E-state index in [2.05, 4.69) is 16.7 Å². The number of nitriles is 1. The molecule has 0 aliphatic heterocycles. The minimum atomic E-state index is 0.647. The summed E-state index contributed by atoms with van der Waals surface area (Å²) in [6, 6.07) is 25.6. The molecule has 0 atom stereocenters. The molecule has 0 fully saturated rings. The lowest BCUT2D eigenvalue weighted by Gasteiger charge is -2.10. The Morgan fingerprint density at radius 1 is 0.960 bits per heavy atom. The van der Waals surface area contributed by atoms with E-state index in [-0.39, 0.29) is 0 Å². The maximum Gasteiger partial charge on any atom is 0.141 e. The lowest BCUT2D eigenvalue weighted by Crippen LogP contribution is -2.02. The van der Waals surface area contributed by atoms with Gasteiger partial charge in [0.2, 0.25) is 0 Å². The highest BCUT2D eigenvalue weighted by atomic mass is 35.5. The van der Waals surface area contributed by atoms with Crippen LogP contribution in [0.25, 0.3) is 22.4 Å². The van der Waals surface area contributed by atoms with Gasteiger partial charge in [-0.25, -0.2) is 4.98 Å². The summed E-state index contributed by atoms with van der Waals surface area (Å²) < 4.78 is 2.18. The van der Waals surface area contributed by atoms with Gasteiger partial charge < -0.3 is 4.57 Å². The molecular weight excluding hydrogens is 330 g/mol. The van der Waals surface area contributed by atoms with Crippen LogP contribution in [0.3, 0.4) is 0 Å². The molecule has 3 aromatic carbocycles. The first-order valence-corrected chi connectivity index (χ1v) is 8.32. The van der Waals surface area contributed by atoms with Crippen LogP contribution in [-0.2, 0) is 6.54 Å². The van der Waals surface area contributed by atoms with Gasteiger partial charge in [-0.2, -0.15) is 5.26 Å². The molecule has 25 heavy (non-hydrogen) atoms. The van der Waals surface area contributed by atoms with Crippen molar-refractivity contribution in [2.75, 3.05) is 0 Å². The predicted molar refractivity (Wildman–Crippen MR) is 100 cm³/mol. The van der Waals surface area contributed by atoms with Crippen LogP contribution < -0.4 is 0 Å². The van der Waals surface area contributed by atoms with Gasteiger partial charge in [0.25, 0.3) is 0 Å². The van der Waals surface area contributed by atoms with Crippen molar-refractivity contribution in [3.05, 3.63) is 88.9 Å². The van der Waals surface area contributed by atoms with E-state index in [1.807, 2.05) is 66.7 Å². The van der Waals surface area contributed by atoms with Gasteiger partial charge in [0.1, 0.15) is 5.82 Å². The molecule has 0 N–H and O–H groups in total. The first kappa shape index (κ1) is 15.4. The second-order valence-corrected chi connectivity index (χ2v) is 6.27. The number of para-hydroxylation sites is 2. The lowest BCUT2D eigenvalue weighted by molar-refractivity contribution is 0.834. The second-order valence-electron chi connectivity index (χ2n) is 5.83. The zero-order chi connectivity index (χ0) is 17.2. The summed E-state index contributed by atoms with van der Waals surface area (Å²) in [5.41, 5.74) is 4.75. The fourth-order valence-electron chi connectivity index (χ4n) is 2.98. The fraction of sp³-hybridized carbons (Fsp3) is 0.0476. The van der Waals surface area contributed by atoms with Crippen molar-refractivity contribution < 1.29 is 0 Å². The summed E-state index contributed by atoms with van der Waals surface area (Å²) in [6.07, 6.45) is 0. The quantitative estimate of drug-likeness (QED) is 0.508. The van der Waals surface area contributed by atoms with E-state index in [0.29, 0.717) is 17.1 Å². The van der Waals surface area contributed by atoms with Gasteiger partial charge >= 0.3 is 0 Å². The number of rotatable bonds is 3. The summed E-state index contributed by atoms with van der Waals surface area (Å²) in [6.45, 7) is 0.647. The van der Waals surface area contributed by atoms with Crippen LogP contribution in [0.1, 0.15) is 11.1 Å². The topological polar surface area (TPSA) is 41.6 Å². The third-order valence-corrected chi connectivity index (χ3v) is 4.41. The Morgan fingerprint density at radius 2 is 1.76 bits per heavy atom. The Morgan fingerprint density at radius 3 is 2.56 bits per heavy atom. The third kappa shape index (κ3) is 3.00. The maximum atomic E-state index is 9.14. The Hall–Kier alpha value is -3.09. The predicted octanol–water partition coefficient (Wildman–Crippen LogP) is 5.28. The molecule has 0 aliphatic carbocycles. The third-order valence-electron chi connectivity index (χ3n) is 4.15. The van der Waals surface area contributed by atoms with Gasteiger partial charge in [0.05, 0.1) is 22.7 Å². The molecule has 0 unspecified atom stereocenters. The van der Waals surface area contributed by atoms with Crippen LogP contribution in [0.4, 0.5) is 0 Å². The minimum Gasteiger partial charge on any atom is -0.319 e. The van der Waals surface area contributed by atoms with Crippen LogP contribution in [-0.4, -0.2) is 9.55 Å². The molecule has 0 bridgehead atoms. The summed E-state index contributed by atoms with van der Waals surface area (Å²) in [5.74, 6) is 0.889. The number of hydrogen-bond donors (Lipinski definition) is 0. The number of benzene rings is 3. The van der Waals surface area contributed by atoms with Crippen LogP contribution in [0, 0.1) is 11.3 Å². The maximum absolute atomic E-state index is 9.14. The van der Waals surface area contributed by atoms with E-state index in [9.17, 15) is 0 Å². The van der Waals surface area contributed by atoms with Crippen LogP contribution in [0.5, 0.6) is 0 Å². The van der Waals surface area contributed by atoms with E-state index in [4.69, 9.17) is 21.8 Å². The standard InChI is InChI=1S/C21H14ClN3/c22-18-10-8-17(9-11-18)21-24-19-6-1-2-7-20(19)25(21)14-16-5-3-4-15(12-16)13-23/h1-12H,14H2. The molecule has 4 heteroatoms. The van der Waals surface area contributed by atoms with E-state index < -0.39 is 0 Å². The van der Waals surface area contributed by atoms with Crippen LogP contribution in [0.2, 0.25) is 5.02 Å². The number of imidazole rings is 1. The first-order chi connectivity index (χ1) is 12.2. The van der Waals surface area contributed by atoms with Gasteiger partial charge in [-0.15, -0.1) is 0 Å². The Balaban J connectivity index is 1.87. The largest absolute Gasteiger partial charge is 0.319 e. The summed E-state index contributed by atoms with van der Waals surface area (Å²) >= 11 is 6.02. The van der Waals surface area contributed by atoms with Crippen molar-refractivity contribution in [2.24, 2.45) is 0 Å². The van der Waals surface area contributed by atoms with Crippen molar-refractivity contribution in [1.82, 2.24) is 9.55 Å². The molecule has 3 nitrogen and oxygen atoms in total. The lowest BCUT2D eigenvalue weighted by atomic mass is 10.1. The normalized spacial score (nSPS) is 10.7. The Labute approximate surface area is 150 Å². The molecule has 120 valence electrons. The number of hydrogen-bond acceptors (Lipinski definition) is 2. The van der Waals surface area contributed by atoms with Crippen molar-refractivity contribution in [3.8, 4) is 17.5 Å². The van der Waals surface area contributed by atoms with E-state index in [1.54, 1.807) is 0 Å². The highest BCUT2D eigenvalue weighted by Crippen LogP contribution is 2.27. The van der Waals surface area contributed by atoms with Gasteiger partial charge in [0.15, 0.2) is 0 Å². The monoisotopic (exact) mass is 343 g/mol. The first-order valence-electron chi connectivity index (χ1n) is 7.95. The van der Waals surface area contributed by atoms with E-state index >= 15 is 0 Å². The highest BCUT2D eigenvalue weighted by Gasteiger charge is 2.13. The average Bonchev–Trinajstić information content (AvgIpc) is 3.01. The smallest absolute Gasteiger partial charge is 0.141 e. The number of fused-ring (bicyclic) bond motifs is 1. The molecule has 0 spiro atoms. The van der Waals surface area contributed by atoms with E-state index in [0.717, 1.165) is 28.0 Å². The number of aromatic nitrogens is 2. The number of nitrogens with zero attached hydrogens (tertiary/aromatic N) is 3. The zero-order valence-corrected chi connectivity index (χ0v) is 14.1. The summed E-state index contributed by atoms with van der Waals surface area (Å²) in [5, 5.41) is 9.84. The van der Waals surface area contributed by atoms with Gasteiger partial charge in [-0.05, 0) is 54.1 Å². The Bertz CT molecular complexity index is 1090.